The predicted molar refractivity (Wildman–Crippen MR) is 84.5 cm³/mol. The molecule has 0 aromatic heterocycles. The number of aldehydes is 1. The third-order valence-electron chi connectivity index (χ3n) is 3.46. The van der Waals surface area contributed by atoms with Crippen LogP contribution in [-0.2, 0) is 4.79 Å². The molecule has 0 amide bonds. The van der Waals surface area contributed by atoms with Crippen LogP contribution < -0.4 is 0 Å². The molecule has 0 unspecified atom stereocenters. The zero-order valence-corrected chi connectivity index (χ0v) is 13.6. The van der Waals surface area contributed by atoms with E-state index in [0.717, 1.165) is 19.1 Å². The molecule has 0 aliphatic rings. The van der Waals surface area contributed by atoms with E-state index in [4.69, 9.17) is 0 Å². The maximum Gasteiger partial charge on any atom is 0.119 e. The lowest BCUT2D eigenvalue weighted by atomic mass is 10.0. The predicted octanol–water partition coefficient (Wildman–Crippen LogP) is 6.04. The van der Waals surface area contributed by atoms with Crippen LogP contribution in [0.2, 0.25) is 0 Å². The molecular weight excluding hydrogens is 288 g/mol. The molecule has 18 heavy (non-hydrogen) atoms. The first-order chi connectivity index (χ1) is 8.91. The highest BCUT2D eigenvalue weighted by Gasteiger charge is 1.93. The van der Waals surface area contributed by atoms with Crippen molar-refractivity contribution in [3.63, 3.8) is 0 Å². The third kappa shape index (κ3) is 16.1. The molecule has 0 rings (SSSR count). The molecule has 0 N–H and O–H groups in total. The Morgan fingerprint density at radius 1 is 0.556 bits per heavy atom. The van der Waals surface area contributed by atoms with E-state index in [1.54, 1.807) is 0 Å². The van der Waals surface area contributed by atoms with Gasteiger partial charge in [-0.1, -0.05) is 86.6 Å². The van der Waals surface area contributed by atoms with Crippen molar-refractivity contribution in [2.75, 3.05) is 5.33 Å². The van der Waals surface area contributed by atoms with Crippen LogP contribution in [0, 0.1) is 0 Å². The van der Waals surface area contributed by atoms with Crippen LogP contribution in [0.4, 0.5) is 0 Å². The molecule has 0 fully saturated rings. The van der Waals surface area contributed by atoms with Crippen LogP contribution in [0.15, 0.2) is 0 Å². The fraction of sp³-hybridized carbons (Fsp3) is 0.938. The fourth-order valence-electron chi connectivity index (χ4n) is 2.27. The second-order valence-corrected chi connectivity index (χ2v) is 6.03. The van der Waals surface area contributed by atoms with E-state index in [-0.39, 0.29) is 0 Å². The van der Waals surface area contributed by atoms with Gasteiger partial charge in [-0.2, -0.15) is 0 Å². The number of unbranched alkanes of at least 4 members (excludes halogenated alkanes) is 13. The van der Waals surface area contributed by atoms with E-state index >= 15 is 0 Å². The summed E-state index contributed by atoms with van der Waals surface area (Å²) in [5.74, 6) is 0. The highest BCUT2D eigenvalue weighted by molar-refractivity contribution is 9.09. The standard InChI is InChI=1S/C16H31BrO/c17-15-13-11-9-7-5-3-1-2-4-6-8-10-12-14-16-18/h16H,1-15H2. The summed E-state index contributed by atoms with van der Waals surface area (Å²) < 4.78 is 0. The number of carbonyl (C=O) groups is 1. The normalized spacial score (nSPS) is 10.7. The number of hydrogen-bond donors (Lipinski definition) is 0. The summed E-state index contributed by atoms with van der Waals surface area (Å²) in [6.45, 7) is 0. The minimum atomic E-state index is 0.759. The molecule has 0 radical (unpaired) electrons. The monoisotopic (exact) mass is 318 g/mol. The summed E-state index contributed by atoms with van der Waals surface area (Å²) in [6, 6.07) is 0. The summed E-state index contributed by atoms with van der Waals surface area (Å²) in [7, 11) is 0. The number of carbonyl (C=O) groups excluding carboxylic acids is 1. The van der Waals surface area contributed by atoms with Crippen molar-refractivity contribution in [2.24, 2.45) is 0 Å². The van der Waals surface area contributed by atoms with E-state index in [1.807, 2.05) is 0 Å². The summed E-state index contributed by atoms with van der Waals surface area (Å²) in [6.07, 6.45) is 19.5. The van der Waals surface area contributed by atoms with Gasteiger partial charge in [0.1, 0.15) is 6.29 Å². The van der Waals surface area contributed by atoms with Gasteiger partial charge in [0.25, 0.3) is 0 Å². The lowest BCUT2D eigenvalue weighted by molar-refractivity contribution is -0.107. The lowest BCUT2D eigenvalue weighted by Crippen LogP contribution is -1.83. The number of alkyl halides is 1. The van der Waals surface area contributed by atoms with Crippen LogP contribution in [0.3, 0.4) is 0 Å². The zero-order valence-electron chi connectivity index (χ0n) is 12.0. The van der Waals surface area contributed by atoms with Crippen molar-refractivity contribution in [3.8, 4) is 0 Å². The smallest absolute Gasteiger partial charge is 0.119 e. The molecule has 1 nitrogen and oxygen atoms in total. The Morgan fingerprint density at radius 2 is 0.889 bits per heavy atom. The van der Waals surface area contributed by atoms with Crippen molar-refractivity contribution >= 4 is 22.2 Å². The number of halogens is 1. The van der Waals surface area contributed by atoms with Crippen LogP contribution in [0.1, 0.15) is 89.9 Å². The van der Waals surface area contributed by atoms with E-state index in [9.17, 15) is 4.79 Å². The molecule has 108 valence electrons. The van der Waals surface area contributed by atoms with Gasteiger partial charge in [-0.25, -0.2) is 0 Å². The Morgan fingerprint density at radius 3 is 1.22 bits per heavy atom. The molecule has 0 aliphatic carbocycles. The van der Waals surface area contributed by atoms with Crippen molar-refractivity contribution < 1.29 is 4.79 Å². The van der Waals surface area contributed by atoms with Crippen LogP contribution >= 0.6 is 15.9 Å². The maximum absolute atomic E-state index is 10.1. The highest BCUT2D eigenvalue weighted by Crippen LogP contribution is 2.12. The maximum atomic E-state index is 10.1. The van der Waals surface area contributed by atoms with E-state index in [1.165, 1.54) is 82.4 Å². The Labute approximate surface area is 122 Å². The molecule has 2 heteroatoms. The van der Waals surface area contributed by atoms with Crippen molar-refractivity contribution in [1.82, 2.24) is 0 Å². The first-order valence-corrected chi connectivity index (χ1v) is 9.03. The molecule has 0 atom stereocenters. The van der Waals surface area contributed by atoms with Crippen molar-refractivity contribution in [2.45, 2.75) is 89.9 Å². The van der Waals surface area contributed by atoms with Gasteiger partial charge in [0.2, 0.25) is 0 Å². The third-order valence-corrected chi connectivity index (χ3v) is 4.02. The van der Waals surface area contributed by atoms with E-state index in [2.05, 4.69) is 15.9 Å². The number of rotatable bonds is 15. The summed E-state index contributed by atoms with van der Waals surface area (Å²) >= 11 is 3.47. The molecular formula is C16H31BrO. The van der Waals surface area contributed by atoms with Crippen LogP contribution in [0.5, 0.6) is 0 Å². The van der Waals surface area contributed by atoms with Gasteiger partial charge in [-0.05, 0) is 12.8 Å². The largest absolute Gasteiger partial charge is 0.303 e. The van der Waals surface area contributed by atoms with Crippen molar-refractivity contribution in [3.05, 3.63) is 0 Å². The molecule has 0 bridgehead atoms. The molecule has 0 aromatic carbocycles. The molecule has 0 spiro atoms. The van der Waals surface area contributed by atoms with E-state index in [0.29, 0.717) is 0 Å². The zero-order chi connectivity index (χ0) is 13.3. The first-order valence-electron chi connectivity index (χ1n) is 7.91. The Balaban J connectivity index is 2.88. The highest BCUT2D eigenvalue weighted by atomic mass is 79.9. The van der Waals surface area contributed by atoms with Gasteiger partial charge in [-0.3, -0.25) is 0 Å². The van der Waals surface area contributed by atoms with Gasteiger partial charge >= 0.3 is 0 Å². The van der Waals surface area contributed by atoms with Gasteiger partial charge in [0.15, 0.2) is 0 Å². The summed E-state index contributed by atoms with van der Waals surface area (Å²) in [5.41, 5.74) is 0. The topological polar surface area (TPSA) is 17.1 Å². The molecule has 0 heterocycles. The van der Waals surface area contributed by atoms with Crippen LogP contribution in [-0.4, -0.2) is 11.6 Å². The second kappa shape index (κ2) is 17.2. The quantitative estimate of drug-likeness (QED) is 0.204. The Bertz CT molecular complexity index is 159. The second-order valence-electron chi connectivity index (χ2n) is 5.24. The van der Waals surface area contributed by atoms with Gasteiger partial charge in [0, 0.05) is 11.8 Å². The molecule has 0 aromatic rings. The van der Waals surface area contributed by atoms with E-state index < -0.39 is 0 Å². The average molecular weight is 319 g/mol. The fourth-order valence-corrected chi connectivity index (χ4v) is 2.66. The van der Waals surface area contributed by atoms with Crippen molar-refractivity contribution in [1.29, 1.82) is 0 Å². The average Bonchev–Trinajstić information content (AvgIpc) is 2.39. The Hall–Kier alpha value is 0.150. The summed E-state index contributed by atoms with van der Waals surface area (Å²) in [4.78, 5) is 10.1. The first kappa shape index (κ1) is 18.1. The minimum Gasteiger partial charge on any atom is -0.303 e. The number of hydrogen-bond acceptors (Lipinski definition) is 1. The summed E-state index contributed by atoms with van der Waals surface area (Å²) in [5, 5.41) is 1.17. The lowest BCUT2D eigenvalue weighted by Gasteiger charge is -2.02. The SMILES string of the molecule is O=CCCCCCCCCCCCCCCCBr. The molecule has 0 saturated carbocycles. The molecule has 0 saturated heterocycles. The molecule has 0 aliphatic heterocycles. The van der Waals surface area contributed by atoms with Gasteiger partial charge in [-0.15, -0.1) is 0 Å². The Kier molecular flexibility index (Phi) is 17.3. The minimum absolute atomic E-state index is 0.759. The van der Waals surface area contributed by atoms with Gasteiger partial charge in [0.05, 0.1) is 0 Å². The van der Waals surface area contributed by atoms with Gasteiger partial charge < -0.3 is 4.79 Å². The van der Waals surface area contributed by atoms with Crippen LogP contribution in [0.25, 0.3) is 0 Å².